The number of anilines is 2. The van der Waals surface area contributed by atoms with Crippen molar-refractivity contribution in [3.8, 4) is 0 Å². The highest BCUT2D eigenvalue weighted by atomic mass is 35.5. The van der Waals surface area contributed by atoms with E-state index in [0.29, 0.717) is 24.5 Å². The van der Waals surface area contributed by atoms with Crippen molar-refractivity contribution in [1.82, 2.24) is 4.90 Å². The number of carbonyl (C=O) groups excluding carboxylic acids is 2. The molecule has 2 aromatic carbocycles. The van der Waals surface area contributed by atoms with Crippen molar-refractivity contribution in [2.24, 2.45) is 0 Å². The number of rotatable bonds is 5. The SMILES string of the molecule is CCC(=O)N1CCN(c2ccc(NC(=O)C3(c4ccc(C)cc4)CCCC3)cc2Cl)CC1. The minimum Gasteiger partial charge on any atom is -0.367 e. The second kappa shape index (κ2) is 9.53. The quantitative estimate of drug-likeness (QED) is 0.680. The molecule has 5 nitrogen and oxygen atoms in total. The van der Waals surface area contributed by atoms with Gasteiger partial charge in [-0.25, -0.2) is 0 Å². The maximum absolute atomic E-state index is 13.4. The van der Waals surface area contributed by atoms with Crippen LogP contribution in [0, 0.1) is 6.92 Å². The Morgan fingerprint density at radius 2 is 1.66 bits per heavy atom. The van der Waals surface area contributed by atoms with Crippen molar-refractivity contribution >= 4 is 34.8 Å². The summed E-state index contributed by atoms with van der Waals surface area (Å²) in [6.07, 6.45) is 4.41. The average Bonchev–Trinajstić information content (AvgIpc) is 3.31. The normalized spacial score (nSPS) is 18.0. The zero-order valence-electron chi connectivity index (χ0n) is 19.0. The van der Waals surface area contributed by atoms with Gasteiger partial charge in [-0.2, -0.15) is 0 Å². The van der Waals surface area contributed by atoms with Crippen molar-refractivity contribution in [2.75, 3.05) is 36.4 Å². The van der Waals surface area contributed by atoms with Crippen molar-refractivity contribution in [1.29, 1.82) is 0 Å². The molecule has 1 saturated carbocycles. The van der Waals surface area contributed by atoms with Gasteiger partial charge in [0, 0.05) is 38.3 Å². The highest BCUT2D eigenvalue weighted by Gasteiger charge is 2.42. The van der Waals surface area contributed by atoms with Gasteiger partial charge in [0.15, 0.2) is 0 Å². The fraction of sp³-hybridized carbons (Fsp3) is 0.462. The smallest absolute Gasteiger partial charge is 0.235 e. The molecule has 1 aliphatic carbocycles. The number of halogens is 1. The fourth-order valence-electron chi connectivity index (χ4n) is 5.01. The van der Waals surface area contributed by atoms with E-state index in [9.17, 15) is 9.59 Å². The molecular formula is C26H32ClN3O2. The Labute approximate surface area is 195 Å². The molecule has 0 aromatic heterocycles. The number of amides is 2. The number of piperazine rings is 1. The lowest BCUT2D eigenvalue weighted by Crippen LogP contribution is -2.48. The number of aryl methyl sites for hydroxylation is 1. The Hall–Kier alpha value is -2.53. The maximum atomic E-state index is 13.4. The average molecular weight is 454 g/mol. The Morgan fingerprint density at radius 3 is 2.25 bits per heavy atom. The van der Waals surface area contributed by atoms with Crippen LogP contribution in [0.2, 0.25) is 5.02 Å². The van der Waals surface area contributed by atoms with Gasteiger partial charge >= 0.3 is 0 Å². The molecule has 170 valence electrons. The third-order valence-electron chi connectivity index (χ3n) is 6.98. The second-order valence-corrected chi connectivity index (χ2v) is 9.40. The highest BCUT2D eigenvalue weighted by molar-refractivity contribution is 6.33. The van der Waals surface area contributed by atoms with Crippen LogP contribution in [0.5, 0.6) is 0 Å². The summed E-state index contributed by atoms with van der Waals surface area (Å²) in [5.41, 5.74) is 3.50. The molecule has 1 heterocycles. The third-order valence-corrected chi connectivity index (χ3v) is 7.28. The van der Waals surface area contributed by atoms with Crippen LogP contribution in [0.15, 0.2) is 42.5 Å². The number of nitrogens with one attached hydrogen (secondary N) is 1. The van der Waals surface area contributed by atoms with Gasteiger partial charge in [-0.1, -0.05) is 61.2 Å². The molecule has 6 heteroatoms. The molecule has 1 N–H and O–H groups in total. The number of hydrogen-bond donors (Lipinski definition) is 1. The van der Waals surface area contributed by atoms with Gasteiger partial charge in [0.2, 0.25) is 11.8 Å². The zero-order chi connectivity index (χ0) is 22.7. The van der Waals surface area contributed by atoms with Gasteiger partial charge in [-0.05, 0) is 43.5 Å². The number of nitrogens with zero attached hydrogens (tertiary/aromatic N) is 2. The van der Waals surface area contributed by atoms with E-state index in [1.54, 1.807) is 0 Å². The first-order valence-corrected chi connectivity index (χ1v) is 12.0. The molecule has 0 radical (unpaired) electrons. The standard InChI is InChI=1S/C26H32ClN3O2/c1-3-24(31)30-16-14-29(15-17-30)23-11-10-21(18-22(23)27)28-25(32)26(12-4-5-13-26)20-8-6-19(2)7-9-20/h6-11,18H,3-5,12-17H2,1-2H3,(H,28,32). The second-order valence-electron chi connectivity index (χ2n) is 9.00. The van der Waals surface area contributed by atoms with E-state index >= 15 is 0 Å². The van der Waals surface area contributed by atoms with Crippen LogP contribution in [-0.4, -0.2) is 42.9 Å². The Bertz CT molecular complexity index is 975. The first kappa shape index (κ1) is 22.7. The van der Waals surface area contributed by atoms with Crippen LogP contribution < -0.4 is 10.2 Å². The van der Waals surface area contributed by atoms with E-state index in [2.05, 4.69) is 41.4 Å². The van der Waals surface area contributed by atoms with E-state index in [0.717, 1.165) is 55.7 Å². The molecule has 1 aliphatic heterocycles. The van der Waals surface area contributed by atoms with E-state index in [-0.39, 0.29) is 11.8 Å². The van der Waals surface area contributed by atoms with E-state index in [4.69, 9.17) is 11.6 Å². The Balaban J connectivity index is 1.47. The van der Waals surface area contributed by atoms with Gasteiger partial charge in [0.25, 0.3) is 0 Å². The number of hydrogen-bond acceptors (Lipinski definition) is 3. The minimum atomic E-state index is -0.471. The van der Waals surface area contributed by atoms with Crippen LogP contribution in [0.25, 0.3) is 0 Å². The molecule has 0 unspecified atom stereocenters. The summed E-state index contributed by atoms with van der Waals surface area (Å²) in [4.78, 5) is 29.5. The summed E-state index contributed by atoms with van der Waals surface area (Å²) < 4.78 is 0. The van der Waals surface area contributed by atoms with Gasteiger partial charge in [0.05, 0.1) is 16.1 Å². The summed E-state index contributed by atoms with van der Waals surface area (Å²) >= 11 is 6.63. The molecule has 4 rings (SSSR count). The van der Waals surface area contributed by atoms with E-state index < -0.39 is 5.41 Å². The fourth-order valence-corrected chi connectivity index (χ4v) is 5.31. The molecule has 0 bridgehead atoms. The minimum absolute atomic E-state index is 0.0503. The number of benzene rings is 2. The summed E-state index contributed by atoms with van der Waals surface area (Å²) in [5, 5.41) is 3.76. The van der Waals surface area contributed by atoms with Gasteiger partial charge < -0.3 is 15.1 Å². The van der Waals surface area contributed by atoms with Gasteiger partial charge in [-0.3, -0.25) is 9.59 Å². The molecule has 0 spiro atoms. The van der Waals surface area contributed by atoms with Gasteiger partial charge in [0.1, 0.15) is 0 Å². The summed E-state index contributed by atoms with van der Waals surface area (Å²) in [5.74, 6) is 0.248. The largest absolute Gasteiger partial charge is 0.367 e. The van der Waals surface area contributed by atoms with Crippen LogP contribution in [0.3, 0.4) is 0 Å². The van der Waals surface area contributed by atoms with Crippen molar-refractivity contribution in [2.45, 2.75) is 51.4 Å². The molecule has 1 saturated heterocycles. The topological polar surface area (TPSA) is 52.7 Å². The Morgan fingerprint density at radius 1 is 1.00 bits per heavy atom. The molecule has 2 aliphatic rings. The van der Waals surface area contributed by atoms with Crippen LogP contribution in [0.4, 0.5) is 11.4 Å². The molecule has 32 heavy (non-hydrogen) atoms. The van der Waals surface area contributed by atoms with E-state index in [1.165, 1.54) is 5.56 Å². The molecule has 2 amide bonds. The van der Waals surface area contributed by atoms with Crippen LogP contribution in [0.1, 0.15) is 50.2 Å². The molecule has 2 fully saturated rings. The Kier molecular flexibility index (Phi) is 6.75. The molecular weight excluding hydrogens is 422 g/mol. The monoisotopic (exact) mass is 453 g/mol. The summed E-state index contributed by atoms with van der Waals surface area (Å²) in [6, 6.07) is 14.1. The summed E-state index contributed by atoms with van der Waals surface area (Å²) in [6.45, 7) is 6.89. The predicted molar refractivity (Wildman–Crippen MR) is 130 cm³/mol. The van der Waals surface area contributed by atoms with Crippen molar-refractivity contribution in [3.05, 3.63) is 58.6 Å². The first-order chi connectivity index (χ1) is 15.4. The maximum Gasteiger partial charge on any atom is 0.235 e. The highest BCUT2D eigenvalue weighted by Crippen LogP contribution is 2.42. The lowest BCUT2D eigenvalue weighted by atomic mass is 9.77. The number of carbonyl (C=O) groups is 2. The third kappa shape index (κ3) is 4.49. The predicted octanol–water partition coefficient (Wildman–Crippen LogP) is 5.16. The lowest BCUT2D eigenvalue weighted by Gasteiger charge is -2.36. The zero-order valence-corrected chi connectivity index (χ0v) is 19.8. The van der Waals surface area contributed by atoms with Crippen molar-refractivity contribution in [3.63, 3.8) is 0 Å². The van der Waals surface area contributed by atoms with Crippen LogP contribution in [-0.2, 0) is 15.0 Å². The molecule has 0 atom stereocenters. The summed E-state index contributed by atoms with van der Waals surface area (Å²) in [7, 11) is 0. The lowest BCUT2D eigenvalue weighted by molar-refractivity contribution is -0.131. The van der Waals surface area contributed by atoms with Crippen LogP contribution >= 0.6 is 11.6 Å². The van der Waals surface area contributed by atoms with E-state index in [1.807, 2.05) is 30.0 Å². The molecule has 2 aromatic rings. The van der Waals surface area contributed by atoms with Gasteiger partial charge in [-0.15, -0.1) is 0 Å². The van der Waals surface area contributed by atoms with Crippen molar-refractivity contribution < 1.29 is 9.59 Å². The first-order valence-electron chi connectivity index (χ1n) is 11.6.